The summed E-state index contributed by atoms with van der Waals surface area (Å²) in [5, 5.41) is 29.4. The number of nitrogens with zero attached hydrogens (tertiary/aromatic N) is 1. The molecule has 0 spiro atoms. The summed E-state index contributed by atoms with van der Waals surface area (Å²) >= 11 is 0. The number of halogens is 1. The number of methoxy groups -OCH3 is 1. The molecular formula is C10H10FNO6. The maximum absolute atomic E-state index is 13.4. The summed E-state index contributed by atoms with van der Waals surface area (Å²) in [5.41, 5.74) is -1.02. The van der Waals surface area contributed by atoms with Crippen LogP contribution in [0.2, 0.25) is 0 Å². The first-order chi connectivity index (χ1) is 8.38. The molecule has 7 nitrogen and oxygen atoms in total. The first kappa shape index (κ1) is 14.0. The lowest BCUT2D eigenvalue weighted by Gasteiger charge is -2.16. The van der Waals surface area contributed by atoms with E-state index in [1.807, 2.05) is 0 Å². The van der Waals surface area contributed by atoms with Gasteiger partial charge in [0.25, 0.3) is 5.69 Å². The van der Waals surface area contributed by atoms with Crippen molar-refractivity contribution in [2.24, 2.45) is 0 Å². The maximum Gasteiger partial charge on any atom is 0.337 e. The van der Waals surface area contributed by atoms with Gasteiger partial charge in [-0.1, -0.05) is 0 Å². The zero-order chi connectivity index (χ0) is 13.9. The highest BCUT2D eigenvalue weighted by Crippen LogP contribution is 2.25. The van der Waals surface area contributed by atoms with E-state index < -0.39 is 40.2 Å². The summed E-state index contributed by atoms with van der Waals surface area (Å²) in [6.07, 6.45) is -3.97. The minimum Gasteiger partial charge on any atom is -0.467 e. The third kappa shape index (κ3) is 2.79. The fraction of sp³-hybridized carbons (Fsp3) is 0.300. The number of ether oxygens (including phenoxy) is 1. The van der Waals surface area contributed by atoms with Crippen LogP contribution in [0.25, 0.3) is 0 Å². The van der Waals surface area contributed by atoms with Gasteiger partial charge in [0.15, 0.2) is 6.10 Å². The van der Waals surface area contributed by atoms with Gasteiger partial charge in [-0.15, -0.1) is 0 Å². The van der Waals surface area contributed by atoms with E-state index in [9.17, 15) is 29.5 Å². The number of hydrogen-bond acceptors (Lipinski definition) is 6. The van der Waals surface area contributed by atoms with Gasteiger partial charge in [-0.05, 0) is 6.07 Å². The molecule has 0 aliphatic carbocycles. The molecule has 2 unspecified atom stereocenters. The highest BCUT2D eigenvalue weighted by molar-refractivity contribution is 5.75. The van der Waals surface area contributed by atoms with E-state index in [0.717, 1.165) is 25.3 Å². The van der Waals surface area contributed by atoms with Gasteiger partial charge in [0.05, 0.1) is 12.0 Å². The van der Waals surface area contributed by atoms with Gasteiger partial charge in [0, 0.05) is 17.7 Å². The molecule has 0 heterocycles. The quantitative estimate of drug-likeness (QED) is 0.457. The Kier molecular flexibility index (Phi) is 4.29. The Labute approximate surface area is 101 Å². The third-order valence-corrected chi connectivity index (χ3v) is 2.25. The monoisotopic (exact) mass is 259 g/mol. The summed E-state index contributed by atoms with van der Waals surface area (Å²) in [4.78, 5) is 20.7. The van der Waals surface area contributed by atoms with Crippen LogP contribution < -0.4 is 0 Å². The Morgan fingerprint density at radius 1 is 1.50 bits per heavy atom. The van der Waals surface area contributed by atoms with Crippen LogP contribution in [0, 0.1) is 15.9 Å². The number of carbonyl (C=O) groups excluding carboxylic acids is 1. The predicted octanol–water partition coefficient (Wildman–Crippen LogP) is 0.301. The van der Waals surface area contributed by atoms with Crippen LogP contribution in [-0.4, -0.2) is 34.3 Å². The second kappa shape index (κ2) is 5.52. The summed E-state index contributed by atoms with van der Waals surface area (Å²) in [6.45, 7) is 0. The molecule has 8 heteroatoms. The van der Waals surface area contributed by atoms with Crippen molar-refractivity contribution in [3.05, 3.63) is 39.7 Å². The number of nitro groups is 1. The van der Waals surface area contributed by atoms with Gasteiger partial charge in [0.1, 0.15) is 11.9 Å². The van der Waals surface area contributed by atoms with E-state index in [4.69, 9.17) is 0 Å². The summed E-state index contributed by atoms with van der Waals surface area (Å²) in [6, 6.07) is 2.41. The van der Waals surface area contributed by atoms with Crippen LogP contribution in [0.5, 0.6) is 0 Å². The molecule has 98 valence electrons. The molecule has 0 amide bonds. The third-order valence-electron chi connectivity index (χ3n) is 2.25. The van der Waals surface area contributed by atoms with Crippen LogP contribution in [0.4, 0.5) is 10.1 Å². The maximum atomic E-state index is 13.4. The number of aliphatic hydroxyl groups is 2. The van der Waals surface area contributed by atoms with Crippen LogP contribution >= 0.6 is 0 Å². The molecule has 0 bridgehead atoms. The number of benzene rings is 1. The Hall–Kier alpha value is -2.06. The zero-order valence-electron chi connectivity index (χ0n) is 9.24. The van der Waals surface area contributed by atoms with E-state index in [1.165, 1.54) is 0 Å². The van der Waals surface area contributed by atoms with Crippen LogP contribution in [0.1, 0.15) is 11.7 Å². The topological polar surface area (TPSA) is 110 Å². The van der Waals surface area contributed by atoms with Crippen molar-refractivity contribution in [3.8, 4) is 0 Å². The van der Waals surface area contributed by atoms with Gasteiger partial charge < -0.3 is 14.9 Å². The smallest absolute Gasteiger partial charge is 0.337 e. The van der Waals surface area contributed by atoms with E-state index >= 15 is 0 Å². The molecule has 1 aromatic carbocycles. The predicted molar refractivity (Wildman–Crippen MR) is 56.0 cm³/mol. The van der Waals surface area contributed by atoms with E-state index in [-0.39, 0.29) is 0 Å². The lowest BCUT2D eigenvalue weighted by atomic mass is 10.0. The molecule has 0 aliphatic heterocycles. The zero-order valence-corrected chi connectivity index (χ0v) is 9.24. The second-order valence-electron chi connectivity index (χ2n) is 3.38. The van der Waals surface area contributed by atoms with E-state index in [2.05, 4.69) is 4.74 Å². The first-order valence-electron chi connectivity index (χ1n) is 4.76. The van der Waals surface area contributed by atoms with Crippen molar-refractivity contribution < 1.29 is 29.1 Å². The van der Waals surface area contributed by atoms with Gasteiger partial charge in [-0.3, -0.25) is 10.1 Å². The molecule has 2 atom stereocenters. The number of non-ortho nitro benzene ring substituents is 1. The van der Waals surface area contributed by atoms with Crippen molar-refractivity contribution in [2.75, 3.05) is 7.11 Å². The standard InChI is InChI=1S/C10H10FNO6/c1-18-10(15)9(14)8(13)6-4-5(12(16)17)2-3-7(6)11/h2-4,8-9,13-14H,1H3. The van der Waals surface area contributed by atoms with E-state index in [1.54, 1.807) is 0 Å². The summed E-state index contributed by atoms with van der Waals surface area (Å²) < 4.78 is 17.5. The number of hydrogen-bond donors (Lipinski definition) is 2. The Bertz CT molecular complexity index is 477. The van der Waals surface area contributed by atoms with Crippen molar-refractivity contribution >= 4 is 11.7 Å². The summed E-state index contributed by atoms with van der Waals surface area (Å²) in [7, 11) is 0.974. The fourth-order valence-electron chi connectivity index (χ4n) is 1.29. The van der Waals surface area contributed by atoms with Crippen molar-refractivity contribution in [1.82, 2.24) is 0 Å². The average molecular weight is 259 g/mol. The molecule has 0 aliphatic rings. The normalized spacial score (nSPS) is 13.8. The SMILES string of the molecule is COC(=O)C(O)C(O)c1cc([N+](=O)[O-])ccc1F. The lowest BCUT2D eigenvalue weighted by molar-refractivity contribution is -0.385. The molecule has 2 N–H and O–H groups in total. The van der Waals surface area contributed by atoms with Crippen LogP contribution in [0.15, 0.2) is 18.2 Å². The van der Waals surface area contributed by atoms with Crippen LogP contribution in [0.3, 0.4) is 0 Å². The van der Waals surface area contributed by atoms with Crippen LogP contribution in [-0.2, 0) is 9.53 Å². The number of esters is 1. The lowest BCUT2D eigenvalue weighted by Crippen LogP contribution is -2.29. The van der Waals surface area contributed by atoms with Crippen molar-refractivity contribution in [1.29, 1.82) is 0 Å². The minimum absolute atomic E-state index is 0.470. The van der Waals surface area contributed by atoms with E-state index in [0.29, 0.717) is 0 Å². The molecule has 0 saturated carbocycles. The Morgan fingerprint density at radius 2 is 2.11 bits per heavy atom. The number of carbonyl (C=O) groups is 1. The Morgan fingerprint density at radius 3 is 2.61 bits per heavy atom. The molecule has 1 aromatic rings. The van der Waals surface area contributed by atoms with Gasteiger partial charge in [0.2, 0.25) is 0 Å². The fourth-order valence-corrected chi connectivity index (χ4v) is 1.29. The highest BCUT2D eigenvalue weighted by atomic mass is 19.1. The molecule has 0 saturated heterocycles. The molecule has 0 fully saturated rings. The van der Waals surface area contributed by atoms with Gasteiger partial charge >= 0.3 is 5.97 Å². The average Bonchev–Trinajstić information content (AvgIpc) is 2.36. The van der Waals surface area contributed by atoms with Gasteiger partial charge in [-0.2, -0.15) is 0 Å². The van der Waals surface area contributed by atoms with Gasteiger partial charge in [-0.25, -0.2) is 9.18 Å². The molecule has 1 rings (SSSR count). The number of rotatable bonds is 4. The number of aliphatic hydroxyl groups excluding tert-OH is 2. The molecular weight excluding hydrogens is 249 g/mol. The second-order valence-corrected chi connectivity index (χ2v) is 3.38. The molecule has 0 radical (unpaired) electrons. The highest BCUT2D eigenvalue weighted by Gasteiger charge is 2.29. The first-order valence-corrected chi connectivity index (χ1v) is 4.76. The summed E-state index contributed by atoms with van der Waals surface area (Å²) in [5.74, 6) is -2.15. The minimum atomic E-state index is -2.02. The Balaban J connectivity index is 3.11. The number of nitro benzene ring substituents is 1. The molecule has 0 aromatic heterocycles. The molecule has 18 heavy (non-hydrogen) atoms. The van der Waals surface area contributed by atoms with Crippen molar-refractivity contribution in [2.45, 2.75) is 12.2 Å². The largest absolute Gasteiger partial charge is 0.467 e. The van der Waals surface area contributed by atoms with Crippen molar-refractivity contribution in [3.63, 3.8) is 0 Å².